The first-order chi connectivity index (χ1) is 13.6. The fourth-order valence-corrected chi connectivity index (χ4v) is 3.88. The van der Waals surface area contributed by atoms with Gasteiger partial charge in [-0.25, -0.2) is 4.98 Å². The van der Waals surface area contributed by atoms with Gasteiger partial charge in [-0.3, -0.25) is 9.59 Å². The van der Waals surface area contributed by atoms with Gasteiger partial charge in [-0.1, -0.05) is 43.4 Å². The Bertz CT molecular complexity index is 981. The normalized spacial score (nSPS) is 10.8. The molecule has 0 spiro atoms. The van der Waals surface area contributed by atoms with E-state index in [1.54, 1.807) is 0 Å². The van der Waals surface area contributed by atoms with Crippen LogP contribution in [0.25, 0.3) is 10.2 Å². The molecule has 1 heterocycles. The molecule has 1 aromatic heterocycles. The second-order valence-electron chi connectivity index (χ2n) is 6.72. The minimum Gasteiger partial charge on any atom is -0.326 e. The van der Waals surface area contributed by atoms with E-state index in [1.807, 2.05) is 43.3 Å². The Morgan fingerprint density at radius 1 is 0.964 bits per heavy atom. The highest BCUT2D eigenvalue weighted by molar-refractivity contribution is 7.22. The highest BCUT2D eigenvalue weighted by Gasteiger charge is 2.09. The first kappa shape index (κ1) is 20.0. The number of anilines is 2. The second kappa shape index (κ2) is 9.46. The maximum atomic E-state index is 12.3. The number of nitrogens with zero attached hydrogens (tertiary/aromatic N) is 1. The molecule has 146 valence electrons. The highest BCUT2D eigenvalue weighted by atomic mass is 32.1. The summed E-state index contributed by atoms with van der Waals surface area (Å²) < 4.78 is 1.01. The van der Waals surface area contributed by atoms with Crippen LogP contribution >= 0.6 is 11.3 Å². The molecule has 0 saturated carbocycles. The third kappa shape index (κ3) is 5.39. The molecule has 0 bridgehead atoms. The van der Waals surface area contributed by atoms with Crippen molar-refractivity contribution in [1.82, 2.24) is 4.98 Å². The van der Waals surface area contributed by atoms with E-state index in [2.05, 4.69) is 28.6 Å². The maximum absolute atomic E-state index is 12.3. The summed E-state index contributed by atoms with van der Waals surface area (Å²) in [6.07, 6.45) is 3.33. The predicted octanol–water partition coefficient (Wildman–Crippen LogP) is 5.17. The van der Waals surface area contributed by atoms with Gasteiger partial charge in [0, 0.05) is 18.5 Å². The van der Waals surface area contributed by atoms with Crippen molar-refractivity contribution in [1.29, 1.82) is 0 Å². The summed E-state index contributed by atoms with van der Waals surface area (Å²) in [7, 11) is 0. The molecule has 6 heteroatoms. The topological polar surface area (TPSA) is 71.1 Å². The van der Waals surface area contributed by atoms with Crippen molar-refractivity contribution in [2.75, 3.05) is 10.6 Å². The van der Waals surface area contributed by atoms with Crippen LogP contribution in [0.2, 0.25) is 0 Å². The van der Waals surface area contributed by atoms with Gasteiger partial charge in [0.2, 0.25) is 11.8 Å². The molecule has 5 nitrogen and oxygen atoms in total. The van der Waals surface area contributed by atoms with Gasteiger partial charge in [0.05, 0.1) is 10.2 Å². The third-order valence-electron chi connectivity index (χ3n) is 4.44. The predicted molar refractivity (Wildman–Crippen MR) is 116 cm³/mol. The third-order valence-corrected chi connectivity index (χ3v) is 5.37. The summed E-state index contributed by atoms with van der Waals surface area (Å²) in [5, 5.41) is 6.43. The van der Waals surface area contributed by atoms with Gasteiger partial charge in [0.25, 0.3) is 0 Å². The van der Waals surface area contributed by atoms with Crippen LogP contribution in [0.4, 0.5) is 10.8 Å². The molecule has 0 saturated heterocycles. The molecular formula is C22H25N3O2S. The molecule has 0 aliphatic heterocycles. The van der Waals surface area contributed by atoms with Crippen molar-refractivity contribution < 1.29 is 9.59 Å². The summed E-state index contributed by atoms with van der Waals surface area (Å²) >= 11 is 1.46. The molecule has 0 radical (unpaired) electrons. The monoisotopic (exact) mass is 395 g/mol. The minimum absolute atomic E-state index is 0.00479. The van der Waals surface area contributed by atoms with Gasteiger partial charge in [0.15, 0.2) is 5.13 Å². The van der Waals surface area contributed by atoms with Crippen LogP contribution in [0, 0.1) is 0 Å². The van der Waals surface area contributed by atoms with Crippen molar-refractivity contribution in [2.45, 2.75) is 46.0 Å². The second-order valence-corrected chi connectivity index (χ2v) is 7.75. The number of hydrogen-bond acceptors (Lipinski definition) is 4. The van der Waals surface area contributed by atoms with Crippen LogP contribution in [0.5, 0.6) is 0 Å². The number of hydrogen-bond donors (Lipinski definition) is 2. The largest absolute Gasteiger partial charge is 0.326 e. The Labute approximate surface area is 169 Å². The van der Waals surface area contributed by atoms with Crippen LogP contribution in [-0.2, 0) is 22.4 Å². The van der Waals surface area contributed by atoms with E-state index in [4.69, 9.17) is 0 Å². The van der Waals surface area contributed by atoms with Gasteiger partial charge < -0.3 is 10.6 Å². The average molecular weight is 396 g/mol. The summed E-state index contributed by atoms with van der Waals surface area (Å²) in [6, 6.07) is 13.9. The molecule has 0 aliphatic carbocycles. The Hall–Kier alpha value is -2.73. The van der Waals surface area contributed by atoms with Crippen molar-refractivity contribution in [3.05, 3.63) is 53.6 Å². The fraction of sp³-hybridized carbons (Fsp3) is 0.318. The van der Waals surface area contributed by atoms with E-state index in [0.29, 0.717) is 24.4 Å². The van der Waals surface area contributed by atoms with Gasteiger partial charge in [-0.2, -0.15) is 0 Å². The summed E-state index contributed by atoms with van der Waals surface area (Å²) in [5.41, 5.74) is 3.99. The van der Waals surface area contributed by atoms with Crippen LogP contribution in [0.3, 0.4) is 0 Å². The molecular weight excluding hydrogens is 370 g/mol. The number of carbonyl (C=O) groups excluding carboxylic acids is 2. The number of amides is 2. The summed E-state index contributed by atoms with van der Waals surface area (Å²) in [5.74, 6) is -0.00392. The molecule has 2 amide bonds. The van der Waals surface area contributed by atoms with Gasteiger partial charge in [-0.15, -0.1) is 0 Å². The van der Waals surface area contributed by atoms with Crippen molar-refractivity contribution >= 4 is 44.2 Å². The van der Waals surface area contributed by atoms with Gasteiger partial charge in [0.1, 0.15) is 0 Å². The van der Waals surface area contributed by atoms with E-state index in [0.717, 1.165) is 34.3 Å². The maximum Gasteiger partial charge on any atom is 0.226 e. The molecule has 2 N–H and O–H groups in total. The lowest BCUT2D eigenvalue weighted by molar-refractivity contribution is -0.117. The van der Waals surface area contributed by atoms with E-state index in [9.17, 15) is 9.59 Å². The standard InChI is InChI=1S/C22H25N3O2S/c1-3-6-20(26)25-22-24-18-11-9-16(14-19(18)28-22)10-12-21(27)23-17-8-5-7-15(4-2)13-17/h5,7-9,11,13-14H,3-4,6,10,12H2,1-2H3,(H,23,27)(H,24,25,26). The zero-order valence-corrected chi connectivity index (χ0v) is 17.1. The average Bonchev–Trinajstić information content (AvgIpc) is 3.08. The Balaban J connectivity index is 1.59. The number of rotatable bonds is 8. The number of thiazole rings is 1. The molecule has 0 atom stereocenters. The zero-order chi connectivity index (χ0) is 19.9. The van der Waals surface area contributed by atoms with Crippen LogP contribution in [-0.4, -0.2) is 16.8 Å². The first-order valence-electron chi connectivity index (χ1n) is 9.65. The lowest BCUT2D eigenvalue weighted by atomic mass is 10.1. The lowest BCUT2D eigenvalue weighted by Gasteiger charge is -2.07. The van der Waals surface area contributed by atoms with Gasteiger partial charge in [-0.05, 0) is 54.7 Å². The van der Waals surface area contributed by atoms with E-state index in [1.165, 1.54) is 16.9 Å². The van der Waals surface area contributed by atoms with Crippen LogP contribution < -0.4 is 10.6 Å². The minimum atomic E-state index is -0.00871. The SMILES string of the molecule is CCCC(=O)Nc1nc2ccc(CCC(=O)Nc3cccc(CC)c3)cc2s1. The number of benzene rings is 2. The molecule has 0 fully saturated rings. The Kier molecular flexibility index (Phi) is 6.76. The first-order valence-corrected chi connectivity index (χ1v) is 10.5. The fourth-order valence-electron chi connectivity index (χ4n) is 2.94. The summed E-state index contributed by atoms with van der Waals surface area (Å²) in [4.78, 5) is 28.5. The Morgan fingerprint density at radius 3 is 2.57 bits per heavy atom. The van der Waals surface area contributed by atoms with Crippen LogP contribution in [0.1, 0.15) is 44.2 Å². The van der Waals surface area contributed by atoms with E-state index >= 15 is 0 Å². The highest BCUT2D eigenvalue weighted by Crippen LogP contribution is 2.27. The molecule has 2 aromatic carbocycles. The zero-order valence-electron chi connectivity index (χ0n) is 16.2. The smallest absolute Gasteiger partial charge is 0.226 e. The van der Waals surface area contributed by atoms with E-state index < -0.39 is 0 Å². The number of nitrogens with one attached hydrogen (secondary N) is 2. The number of aromatic nitrogens is 1. The van der Waals surface area contributed by atoms with Crippen molar-refractivity contribution in [2.24, 2.45) is 0 Å². The number of aryl methyl sites for hydroxylation is 2. The summed E-state index contributed by atoms with van der Waals surface area (Å²) in [6.45, 7) is 4.07. The number of carbonyl (C=O) groups is 2. The quantitative estimate of drug-likeness (QED) is 0.553. The molecule has 3 aromatic rings. The van der Waals surface area contributed by atoms with Crippen molar-refractivity contribution in [3.63, 3.8) is 0 Å². The molecule has 3 rings (SSSR count). The molecule has 28 heavy (non-hydrogen) atoms. The van der Waals surface area contributed by atoms with E-state index in [-0.39, 0.29) is 11.8 Å². The van der Waals surface area contributed by atoms with Crippen LogP contribution in [0.15, 0.2) is 42.5 Å². The van der Waals surface area contributed by atoms with Gasteiger partial charge >= 0.3 is 0 Å². The van der Waals surface area contributed by atoms with Crippen molar-refractivity contribution in [3.8, 4) is 0 Å². The Morgan fingerprint density at radius 2 is 1.79 bits per heavy atom. The molecule has 0 unspecified atom stereocenters. The number of fused-ring (bicyclic) bond motifs is 1. The molecule has 0 aliphatic rings. The lowest BCUT2D eigenvalue weighted by Crippen LogP contribution is -2.12.